The number of anilines is 1. The highest BCUT2D eigenvalue weighted by Crippen LogP contribution is 2.25. The van der Waals surface area contributed by atoms with Crippen molar-refractivity contribution < 1.29 is 22.3 Å². The molecule has 0 bridgehead atoms. The summed E-state index contributed by atoms with van der Waals surface area (Å²) in [6, 6.07) is 8.71. The Hall–Kier alpha value is -2.23. The van der Waals surface area contributed by atoms with Crippen LogP contribution in [-0.2, 0) is 14.8 Å². The molecule has 0 aliphatic heterocycles. The van der Waals surface area contributed by atoms with Crippen molar-refractivity contribution in [1.29, 1.82) is 0 Å². The highest BCUT2D eigenvalue weighted by molar-refractivity contribution is 9.10. The maximum atomic E-state index is 13.7. The predicted octanol–water partition coefficient (Wildman–Crippen LogP) is 3.16. The molecule has 0 spiro atoms. The molecule has 0 atom stereocenters. The number of sulfonamides is 1. The Balaban J connectivity index is 2.22. The fraction of sp³-hybridized carbons (Fsp3) is 0.118. The molecule has 0 aromatic heterocycles. The zero-order chi connectivity index (χ0) is 19.3. The van der Waals surface area contributed by atoms with E-state index in [1.807, 2.05) is 0 Å². The third-order valence-corrected chi connectivity index (χ3v) is 5.29. The van der Waals surface area contributed by atoms with Gasteiger partial charge in [0.15, 0.2) is 0 Å². The Kier molecular flexibility index (Phi) is 6.52. The third kappa shape index (κ3) is 4.90. The maximum absolute atomic E-state index is 13.7. The van der Waals surface area contributed by atoms with Crippen LogP contribution < -0.4 is 14.8 Å². The van der Waals surface area contributed by atoms with Crippen molar-refractivity contribution in [2.24, 2.45) is 0 Å². The van der Waals surface area contributed by atoms with E-state index in [9.17, 15) is 17.6 Å². The summed E-state index contributed by atoms with van der Waals surface area (Å²) in [5.74, 6) is -0.953. The monoisotopic (exact) mass is 442 g/mol. The van der Waals surface area contributed by atoms with Gasteiger partial charge in [-0.05, 0) is 49.0 Å². The normalized spacial score (nSPS) is 11.5. The summed E-state index contributed by atoms with van der Waals surface area (Å²) in [5, 5.41) is 2.41. The van der Waals surface area contributed by atoms with Crippen LogP contribution in [0.2, 0.25) is 0 Å². The Bertz CT molecular complexity index is 961. The second kappa shape index (κ2) is 8.43. The lowest BCUT2D eigenvalue weighted by atomic mass is 10.2. The maximum Gasteiger partial charge on any atom is 0.248 e. The molecule has 138 valence electrons. The first-order chi connectivity index (χ1) is 12.3. The summed E-state index contributed by atoms with van der Waals surface area (Å²) in [5.41, 5.74) is 0.502. The van der Waals surface area contributed by atoms with Crippen LogP contribution in [0.15, 0.2) is 51.8 Å². The average Bonchev–Trinajstić information content (AvgIpc) is 2.62. The Labute approximate surface area is 159 Å². The Morgan fingerprint density at radius 2 is 1.96 bits per heavy atom. The van der Waals surface area contributed by atoms with Gasteiger partial charge in [0.05, 0.1) is 12.8 Å². The number of hydrogen-bond acceptors (Lipinski definition) is 4. The van der Waals surface area contributed by atoms with Gasteiger partial charge in [-0.25, -0.2) is 17.5 Å². The highest BCUT2D eigenvalue weighted by atomic mass is 79.9. The zero-order valence-electron chi connectivity index (χ0n) is 13.9. The number of hydrogen-bond donors (Lipinski definition) is 2. The van der Waals surface area contributed by atoms with Crippen molar-refractivity contribution in [3.63, 3.8) is 0 Å². The molecule has 0 aliphatic carbocycles. The van der Waals surface area contributed by atoms with Gasteiger partial charge in [-0.2, -0.15) is 0 Å². The van der Waals surface area contributed by atoms with Gasteiger partial charge in [0.25, 0.3) is 0 Å². The third-order valence-electron chi connectivity index (χ3n) is 3.36. The van der Waals surface area contributed by atoms with Gasteiger partial charge in [-0.3, -0.25) is 4.79 Å². The number of carbonyl (C=O) groups is 1. The van der Waals surface area contributed by atoms with Crippen molar-refractivity contribution in [2.45, 2.75) is 4.90 Å². The van der Waals surface area contributed by atoms with E-state index >= 15 is 0 Å². The summed E-state index contributed by atoms with van der Waals surface area (Å²) >= 11 is 3.13. The molecule has 0 aliphatic rings. The molecule has 1 amide bonds. The summed E-state index contributed by atoms with van der Waals surface area (Å²) in [7, 11) is -1.07. The molecule has 0 saturated heterocycles. The number of carbonyl (C=O) groups excluding carboxylic acids is 1. The van der Waals surface area contributed by atoms with Gasteiger partial charge in [0, 0.05) is 10.5 Å². The van der Waals surface area contributed by atoms with Crippen molar-refractivity contribution in [3.05, 3.63) is 58.3 Å². The van der Waals surface area contributed by atoms with Gasteiger partial charge < -0.3 is 10.1 Å². The SMILES string of the molecule is CNS(=O)(=O)c1cc(C=CC(=O)Nc2ccc(Br)cc2F)ccc1OC. The van der Waals surface area contributed by atoms with E-state index in [0.717, 1.165) is 0 Å². The largest absolute Gasteiger partial charge is 0.495 e. The fourth-order valence-electron chi connectivity index (χ4n) is 2.05. The first kappa shape index (κ1) is 20.1. The Morgan fingerprint density at radius 3 is 2.58 bits per heavy atom. The lowest BCUT2D eigenvalue weighted by Gasteiger charge is -2.09. The first-order valence-corrected chi connectivity index (χ1v) is 9.60. The molecular weight excluding hydrogens is 427 g/mol. The molecule has 2 aromatic rings. The van der Waals surface area contributed by atoms with Gasteiger partial charge in [-0.1, -0.05) is 22.0 Å². The van der Waals surface area contributed by atoms with Crippen LogP contribution >= 0.6 is 15.9 Å². The summed E-state index contributed by atoms with van der Waals surface area (Å²) in [6.07, 6.45) is 2.60. The molecular formula is C17H16BrFN2O4S. The zero-order valence-corrected chi connectivity index (χ0v) is 16.3. The van der Waals surface area contributed by atoms with Crippen molar-refractivity contribution in [2.75, 3.05) is 19.5 Å². The summed E-state index contributed by atoms with van der Waals surface area (Å²) < 4.78 is 45.6. The number of benzene rings is 2. The number of halogens is 2. The van der Waals surface area contributed by atoms with Gasteiger partial charge in [0.1, 0.15) is 16.5 Å². The van der Waals surface area contributed by atoms with Crippen LogP contribution in [0.3, 0.4) is 0 Å². The van der Waals surface area contributed by atoms with E-state index in [1.165, 1.54) is 50.6 Å². The van der Waals surface area contributed by atoms with Crippen molar-refractivity contribution in [3.8, 4) is 5.75 Å². The molecule has 9 heteroatoms. The van der Waals surface area contributed by atoms with Crippen LogP contribution in [-0.4, -0.2) is 28.5 Å². The quantitative estimate of drug-likeness (QED) is 0.672. The van der Waals surface area contributed by atoms with Crippen molar-refractivity contribution in [1.82, 2.24) is 4.72 Å². The van der Waals surface area contributed by atoms with Gasteiger partial charge >= 0.3 is 0 Å². The van der Waals surface area contributed by atoms with Crippen LogP contribution in [0.1, 0.15) is 5.56 Å². The fourth-order valence-corrected chi connectivity index (χ4v) is 3.31. The van der Waals surface area contributed by atoms with E-state index in [0.29, 0.717) is 10.0 Å². The number of ether oxygens (including phenoxy) is 1. The molecule has 2 rings (SSSR count). The summed E-state index contributed by atoms with van der Waals surface area (Å²) in [4.78, 5) is 11.9. The molecule has 0 heterocycles. The van der Waals surface area contributed by atoms with E-state index in [-0.39, 0.29) is 16.3 Å². The summed E-state index contributed by atoms with van der Waals surface area (Å²) in [6.45, 7) is 0. The number of methoxy groups -OCH3 is 1. The minimum atomic E-state index is -3.72. The lowest BCUT2D eigenvalue weighted by Crippen LogP contribution is -2.19. The van der Waals surface area contributed by atoms with Crippen molar-refractivity contribution >= 4 is 43.6 Å². The van der Waals surface area contributed by atoms with Gasteiger partial charge in [-0.15, -0.1) is 0 Å². The van der Waals surface area contributed by atoms with E-state index in [1.54, 1.807) is 12.1 Å². The van der Waals surface area contributed by atoms with Crippen LogP contribution in [0.4, 0.5) is 10.1 Å². The second-order valence-corrected chi connectivity index (χ2v) is 7.84. The average molecular weight is 443 g/mol. The number of nitrogens with one attached hydrogen (secondary N) is 2. The number of rotatable bonds is 6. The van der Waals surface area contributed by atoms with E-state index < -0.39 is 21.7 Å². The molecule has 2 aromatic carbocycles. The van der Waals surface area contributed by atoms with Crippen LogP contribution in [0.5, 0.6) is 5.75 Å². The smallest absolute Gasteiger partial charge is 0.248 e. The molecule has 0 saturated carbocycles. The molecule has 2 N–H and O–H groups in total. The molecule has 26 heavy (non-hydrogen) atoms. The number of amides is 1. The molecule has 6 nitrogen and oxygen atoms in total. The Morgan fingerprint density at radius 1 is 1.23 bits per heavy atom. The molecule has 0 unspecified atom stereocenters. The lowest BCUT2D eigenvalue weighted by molar-refractivity contribution is -0.111. The topological polar surface area (TPSA) is 84.5 Å². The van der Waals surface area contributed by atoms with Crippen LogP contribution in [0.25, 0.3) is 6.08 Å². The predicted molar refractivity (Wildman–Crippen MR) is 101 cm³/mol. The standard InChI is InChI=1S/C17H16BrFN2O4S/c1-20-26(23,24)16-9-11(3-7-15(16)25-2)4-8-17(22)21-14-6-5-12(18)10-13(14)19/h3-10,20H,1-2H3,(H,21,22). The van der Waals surface area contributed by atoms with E-state index in [2.05, 4.69) is 26.0 Å². The van der Waals surface area contributed by atoms with Crippen LogP contribution in [0, 0.1) is 5.82 Å². The molecule has 0 fully saturated rings. The minimum Gasteiger partial charge on any atom is -0.495 e. The van der Waals surface area contributed by atoms with Gasteiger partial charge in [0.2, 0.25) is 15.9 Å². The molecule has 0 radical (unpaired) electrons. The highest BCUT2D eigenvalue weighted by Gasteiger charge is 2.17. The minimum absolute atomic E-state index is 0.0380. The second-order valence-electron chi connectivity index (χ2n) is 5.06. The first-order valence-electron chi connectivity index (χ1n) is 7.32. The van der Waals surface area contributed by atoms with E-state index in [4.69, 9.17) is 4.74 Å².